The Bertz CT molecular complexity index is 947. The van der Waals surface area contributed by atoms with Crippen molar-refractivity contribution in [3.05, 3.63) is 110 Å². The fourth-order valence-corrected chi connectivity index (χ4v) is 4.42. The topological polar surface area (TPSA) is 12.0 Å². The minimum absolute atomic E-state index is 0.291. The van der Waals surface area contributed by atoms with Crippen LogP contribution in [0.3, 0.4) is 0 Å². The highest BCUT2D eigenvalue weighted by molar-refractivity contribution is 14.1. The molecule has 2 heteroatoms. The third kappa shape index (κ3) is 4.27. The predicted octanol–water partition coefficient (Wildman–Crippen LogP) is 6.96. The van der Waals surface area contributed by atoms with Crippen molar-refractivity contribution in [3.8, 4) is 0 Å². The first-order valence-electron chi connectivity index (χ1n) is 9.55. The SMILES string of the molecule is CC1=C(c2ccccc2)C=C(C2=CC=CCC2)NC(c2cccc(I)c2)C1. The van der Waals surface area contributed by atoms with E-state index >= 15 is 0 Å². The Morgan fingerprint density at radius 3 is 2.63 bits per heavy atom. The average Bonchev–Trinajstić information content (AvgIpc) is 2.88. The molecular weight excluding hydrogens is 441 g/mol. The number of rotatable bonds is 3. The number of nitrogens with one attached hydrogen (secondary N) is 1. The third-order valence-corrected chi connectivity index (χ3v) is 5.96. The molecule has 0 spiro atoms. The Balaban J connectivity index is 1.80. The second-order valence-electron chi connectivity index (χ2n) is 7.23. The zero-order valence-corrected chi connectivity index (χ0v) is 17.7. The molecule has 1 nitrogen and oxygen atoms in total. The second kappa shape index (κ2) is 8.30. The van der Waals surface area contributed by atoms with E-state index in [2.05, 4.69) is 114 Å². The Morgan fingerprint density at radius 1 is 1.04 bits per heavy atom. The highest BCUT2D eigenvalue weighted by Gasteiger charge is 2.21. The highest BCUT2D eigenvalue weighted by atomic mass is 127. The smallest absolute Gasteiger partial charge is 0.0551 e. The van der Waals surface area contributed by atoms with Crippen LogP contribution in [0, 0.1) is 3.57 Å². The van der Waals surface area contributed by atoms with Crippen LogP contribution in [-0.2, 0) is 0 Å². The first kappa shape index (κ1) is 18.3. The van der Waals surface area contributed by atoms with Gasteiger partial charge in [-0.1, -0.05) is 66.3 Å². The molecule has 1 heterocycles. The predicted molar refractivity (Wildman–Crippen MR) is 123 cm³/mol. The summed E-state index contributed by atoms with van der Waals surface area (Å²) in [5.41, 5.74) is 8.09. The molecule has 0 amide bonds. The minimum atomic E-state index is 0.291. The molecule has 1 aliphatic carbocycles. The maximum atomic E-state index is 3.87. The number of halogens is 1. The molecule has 0 saturated heterocycles. The van der Waals surface area contributed by atoms with E-state index in [0.29, 0.717) is 6.04 Å². The maximum absolute atomic E-state index is 3.87. The molecule has 1 unspecified atom stereocenters. The summed E-state index contributed by atoms with van der Waals surface area (Å²) < 4.78 is 1.28. The van der Waals surface area contributed by atoms with Crippen LogP contribution < -0.4 is 5.32 Å². The van der Waals surface area contributed by atoms with Gasteiger partial charge in [-0.25, -0.2) is 0 Å². The van der Waals surface area contributed by atoms with Gasteiger partial charge >= 0.3 is 0 Å². The number of benzene rings is 2. The fraction of sp³-hybridized carbons (Fsp3) is 0.200. The summed E-state index contributed by atoms with van der Waals surface area (Å²) >= 11 is 2.40. The van der Waals surface area contributed by atoms with Crippen LogP contribution in [0.1, 0.15) is 43.4 Å². The maximum Gasteiger partial charge on any atom is 0.0551 e. The molecule has 1 aliphatic heterocycles. The quantitative estimate of drug-likeness (QED) is 0.484. The van der Waals surface area contributed by atoms with Crippen LogP contribution >= 0.6 is 22.6 Å². The molecule has 0 saturated carbocycles. The molecule has 0 radical (unpaired) electrons. The van der Waals surface area contributed by atoms with Gasteiger partial charge in [-0.15, -0.1) is 0 Å². The zero-order chi connectivity index (χ0) is 18.6. The lowest BCUT2D eigenvalue weighted by molar-refractivity contribution is 0.597. The first-order chi connectivity index (χ1) is 13.2. The van der Waals surface area contributed by atoms with E-state index in [9.17, 15) is 0 Å². The Kier molecular flexibility index (Phi) is 5.63. The first-order valence-corrected chi connectivity index (χ1v) is 10.6. The molecular formula is C25H24IN. The van der Waals surface area contributed by atoms with Crippen molar-refractivity contribution in [2.24, 2.45) is 0 Å². The van der Waals surface area contributed by atoms with Crippen molar-refractivity contribution in [2.45, 2.75) is 32.2 Å². The molecule has 136 valence electrons. The Labute approximate surface area is 175 Å². The highest BCUT2D eigenvalue weighted by Crippen LogP contribution is 2.35. The van der Waals surface area contributed by atoms with E-state index < -0.39 is 0 Å². The standard InChI is InChI=1S/C25H24IN/c1-18-15-24(21-13-8-14-22(26)16-21)27-25(20-11-6-3-7-12-20)17-23(18)19-9-4-2-5-10-19/h2-6,8-11,13-14,16-17,24,27H,7,12,15H2,1H3. The fourth-order valence-electron chi connectivity index (χ4n) is 3.85. The summed E-state index contributed by atoms with van der Waals surface area (Å²) in [6, 6.07) is 19.9. The van der Waals surface area contributed by atoms with Gasteiger partial charge in [-0.3, -0.25) is 0 Å². The summed E-state index contributed by atoms with van der Waals surface area (Å²) in [6.45, 7) is 2.28. The molecule has 2 aromatic rings. The van der Waals surface area contributed by atoms with Crippen LogP contribution in [0.15, 0.2) is 95.7 Å². The molecule has 1 atom stereocenters. The normalized spacial score (nSPS) is 19.9. The lowest BCUT2D eigenvalue weighted by Gasteiger charge is -2.23. The molecule has 2 aliphatic rings. The van der Waals surface area contributed by atoms with Gasteiger partial charge in [0.25, 0.3) is 0 Å². The van der Waals surface area contributed by atoms with Crippen LogP contribution in [0.5, 0.6) is 0 Å². The van der Waals surface area contributed by atoms with Crippen LogP contribution in [-0.4, -0.2) is 0 Å². The molecule has 0 aromatic heterocycles. The van der Waals surface area contributed by atoms with Crippen LogP contribution in [0.25, 0.3) is 5.57 Å². The second-order valence-corrected chi connectivity index (χ2v) is 8.48. The lowest BCUT2D eigenvalue weighted by Crippen LogP contribution is -2.21. The van der Waals surface area contributed by atoms with Gasteiger partial charge < -0.3 is 5.32 Å². The van der Waals surface area contributed by atoms with E-state index in [4.69, 9.17) is 0 Å². The summed E-state index contributed by atoms with van der Waals surface area (Å²) in [7, 11) is 0. The van der Waals surface area contributed by atoms with Crippen molar-refractivity contribution in [2.75, 3.05) is 0 Å². The molecule has 0 fully saturated rings. The van der Waals surface area contributed by atoms with Crippen molar-refractivity contribution in [3.63, 3.8) is 0 Å². The molecule has 4 rings (SSSR count). The van der Waals surface area contributed by atoms with E-state index in [1.165, 1.54) is 37.1 Å². The third-order valence-electron chi connectivity index (χ3n) is 5.28. The minimum Gasteiger partial charge on any atom is -0.378 e. The molecule has 1 N–H and O–H groups in total. The van der Waals surface area contributed by atoms with E-state index in [0.717, 1.165) is 19.3 Å². The van der Waals surface area contributed by atoms with Crippen LogP contribution in [0.2, 0.25) is 0 Å². The van der Waals surface area contributed by atoms with Gasteiger partial charge in [-0.2, -0.15) is 0 Å². The lowest BCUT2D eigenvalue weighted by atomic mass is 9.94. The summed E-state index contributed by atoms with van der Waals surface area (Å²) in [5.74, 6) is 0. The summed E-state index contributed by atoms with van der Waals surface area (Å²) in [4.78, 5) is 0. The summed E-state index contributed by atoms with van der Waals surface area (Å²) in [6.07, 6.45) is 12.3. The average molecular weight is 465 g/mol. The van der Waals surface area contributed by atoms with Gasteiger partial charge in [0, 0.05) is 9.27 Å². The molecule has 27 heavy (non-hydrogen) atoms. The van der Waals surface area contributed by atoms with Crippen molar-refractivity contribution in [1.82, 2.24) is 5.32 Å². The van der Waals surface area contributed by atoms with E-state index in [1.807, 2.05) is 0 Å². The van der Waals surface area contributed by atoms with Crippen molar-refractivity contribution >= 4 is 28.2 Å². The zero-order valence-electron chi connectivity index (χ0n) is 15.6. The molecule has 0 bridgehead atoms. The molecule has 2 aromatic carbocycles. The monoisotopic (exact) mass is 465 g/mol. The van der Waals surface area contributed by atoms with E-state index in [-0.39, 0.29) is 0 Å². The van der Waals surface area contributed by atoms with Crippen LogP contribution in [0.4, 0.5) is 0 Å². The van der Waals surface area contributed by atoms with Gasteiger partial charge in [0.2, 0.25) is 0 Å². The van der Waals surface area contributed by atoms with E-state index in [1.54, 1.807) is 0 Å². The largest absolute Gasteiger partial charge is 0.378 e. The van der Waals surface area contributed by atoms with Crippen molar-refractivity contribution in [1.29, 1.82) is 0 Å². The van der Waals surface area contributed by atoms with Gasteiger partial charge in [0.05, 0.1) is 6.04 Å². The van der Waals surface area contributed by atoms with Crippen molar-refractivity contribution < 1.29 is 0 Å². The number of hydrogen-bond acceptors (Lipinski definition) is 1. The Morgan fingerprint density at radius 2 is 1.89 bits per heavy atom. The van der Waals surface area contributed by atoms with Gasteiger partial charge in [0.1, 0.15) is 0 Å². The van der Waals surface area contributed by atoms with Gasteiger partial charge in [0.15, 0.2) is 0 Å². The van der Waals surface area contributed by atoms with Gasteiger partial charge in [-0.05, 0) is 89.3 Å². The number of hydrogen-bond donors (Lipinski definition) is 1. The Hall–Kier alpha value is -2.07. The number of allylic oxidation sites excluding steroid dienone is 6. The summed E-state index contributed by atoms with van der Waals surface area (Å²) in [5, 5.41) is 3.87.